The highest BCUT2D eigenvalue weighted by atomic mass is 15.0. The van der Waals surface area contributed by atoms with Gasteiger partial charge in [0.15, 0.2) is 0 Å². The molecule has 0 N–H and O–H groups in total. The molecule has 0 aliphatic carbocycles. The van der Waals surface area contributed by atoms with Gasteiger partial charge in [0.05, 0.1) is 33.4 Å². The van der Waals surface area contributed by atoms with Crippen LogP contribution in [0.25, 0.3) is 141 Å². The van der Waals surface area contributed by atoms with E-state index in [0.717, 1.165) is 0 Å². The fourth-order valence-corrected chi connectivity index (χ4v) is 11.6. The Morgan fingerprint density at radius 3 is 0.859 bits per heavy atom. The maximum atomic E-state index is 2.51. The number of fused-ring (bicyclic) bond motifs is 20. The van der Waals surface area contributed by atoms with Crippen LogP contribution in [0.5, 0.6) is 0 Å². The summed E-state index contributed by atoms with van der Waals surface area (Å²) >= 11 is 0. The van der Waals surface area contributed by atoms with Crippen molar-refractivity contribution in [3.63, 3.8) is 0 Å². The Hall–Kier alpha value is -8.46. The van der Waals surface area contributed by atoms with Crippen LogP contribution in [0, 0.1) is 0 Å². The monoisotopic (exact) mass is 808 g/mol. The Labute approximate surface area is 367 Å². The first-order valence-corrected chi connectivity index (χ1v) is 22.3. The van der Waals surface area contributed by atoms with Crippen molar-refractivity contribution in [2.75, 3.05) is 0 Å². The second-order valence-electron chi connectivity index (χ2n) is 17.6. The van der Waals surface area contributed by atoms with Crippen molar-refractivity contribution >= 4 is 130 Å². The zero-order chi connectivity index (χ0) is 41.6. The maximum absolute atomic E-state index is 2.51. The number of para-hydroxylation sites is 2. The summed E-state index contributed by atoms with van der Waals surface area (Å²) in [7, 11) is 0. The van der Waals surface area contributed by atoms with Gasteiger partial charge in [-0.15, -0.1) is 0 Å². The number of nitrogens with zero attached hydrogens (tertiary/aromatic N) is 2. The van der Waals surface area contributed by atoms with E-state index < -0.39 is 0 Å². The molecule has 0 saturated carbocycles. The average Bonchev–Trinajstić information content (AvgIpc) is 3.86. The molecule has 15 rings (SSSR count). The van der Waals surface area contributed by atoms with Crippen molar-refractivity contribution in [1.29, 1.82) is 0 Å². The van der Waals surface area contributed by atoms with E-state index in [1.807, 2.05) is 0 Å². The van der Waals surface area contributed by atoms with Crippen LogP contribution in [0.4, 0.5) is 0 Å². The van der Waals surface area contributed by atoms with E-state index in [9.17, 15) is 0 Å². The molecule has 15 aromatic rings. The Morgan fingerprint density at radius 1 is 0.172 bits per heavy atom. The summed E-state index contributed by atoms with van der Waals surface area (Å²) in [5, 5.41) is 25.3. The van der Waals surface area contributed by atoms with Gasteiger partial charge in [0, 0.05) is 32.3 Å². The topological polar surface area (TPSA) is 9.86 Å². The predicted octanol–water partition coefficient (Wildman–Crippen LogP) is 17.1. The molecule has 0 aliphatic heterocycles. The van der Waals surface area contributed by atoms with Crippen LogP contribution < -0.4 is 0 Å². The molecule has 294 valence electrons. The highest BCUT2D eigenvalue weighted by molar-refractivity contribution is 6.35. The zero-order valence-corrected chi connectivity index (χ0v) is 34.7. The van der Waals surface area contributed by atoms with Gasteiger partial charge in [-0.2, -0.15) is 0 Å². The van der Waals surface area contributed by atoms with Gasteiger partial charge in [0.25, 0.3) is 0 Å². The van der Waals surface area contributed by atoms with Crippen LogP contribution in [0.1, 0.15) is 0 Å². The quantitative estimate of drug-likeness (QED) is 0.122. The summed E-state index contributed by atoms with van der Waals surface area (Å²) in [5.41, 5.74) is 7.28. The SMILES string of the molecule is c1ccc2c(-n3c4ccccc4c4cc5c6cc7c8ccccc8c8cc9c(cc8c7cc6c6ccccc6c5cc43)c3ccccc3n9-c3cccc4ccccc34)cccc2c1. The largest absolute Gasteiger partial charge is 0.309 e. The van der Waals surface area contributed by atoms with Gasteiger partial charge in [-0.05, 0) is 136 Å². The van der Waals surface area contributed by atoms with Gasteiger partial charge in [-0.1, -0.05) is 158 Å². The molecule has 0 fully saturated rings. The van der Waals surface area contributed by atoms with Gasteiger partial charge in [0.1, 0.15) is 0 Å². The van der Waals surface area contributed by atoms with Crippen molar-refractivity contribution in [2.45, 2.75) is 0 Å². The lowest BCUT2D eigenvalue weighted by atomic mass is 9.88. The molecule has 2 nitrogen and oxygen atoms in total. The number of benzene rings is 13. The fraction of sp³-hybridized carbons (Fsp3) is 0. The van der Waals surface area contributed by atoms with E-state index in [1.54, 1.807) is 0 Å². The summed E-state index contributed by atoms with van der Waals surface area (Å²) in [4.78, 5) is 0. The van der Waals surface area contributed by atoms with Crippen LogP contribution in [0.15, 0.2) is 218 Å². The molecule has 2 heteroatoms. The minimum Gasteiger partial charge on any atom is -0.309 e. The number of hydrogen-bond acceptors (Lipinski definition) is 0. The maximum Gasteiger partial charge on any atom is 0.0547 e. The lowest BCUT2D eigenvalue weighted by Gasteiger charge is -2.17. The average molecular weight is 809 g/mol. The molecule has 64 heavy (non-hydrogen) atoms. The van der Waals surface area contributed by atoms with Crippen LogP contribution in [-0.2, 0) is 0 Å². The van der Waals surface area contributed by atoms with Gasteiger partial charge < -0.3 is 9.13 Å². The van der Waals surface area contributed by atoms with Gasteiger partial charge in [-0.3, -0.25) is 0 Å². The molecule has 0 spiro atoms. The van der Waals surface area contributed by atoms with Crippen LogP contribution in [0.3, 0.4) is 0 Å². The summed E-state index contributed by atoms with van der Waals surface area (Å²) in [6.07, 6.45) is 0. The van der Waals surface area contributed by atoms with E-state index in [1.165, 1.54) is 141 Å². The first kappa shape index (κ1) is 34.2. The van der Waals surface area contributed by atoms with Gasteiger partial charge in [0.2, 0.25) is 0 Å². The second kappa shape index (κ2) is 12.6. The van der Waals surface area contributed by atoms with Crippen LogP contribution >= 0.6 is 0 Å². The van der Waals surface area contributed by atoms with Crippen molar-refractivity contribution in [1.82, 2.24) is 9.13 Å². The second-order valence-corrected chi connectivity index (χ2v) is 17.6. The minimum atomic E-state index is 1.20. The third kappa shape index (κ3) is 4.48. The molecule has 0 bridgehead atoms. The molecule has 0 amide bonds. The summed E-state index contributed by atoms with van der Waals surface area (Å²) in [5.74, 6) is 0. The van der Waals surface area contributed by atoms with Gasteiger partial charge in [-0.25, -0.2) is 0 Å². The van der Waals surface area contributed by atoms with Crippen LogP contribution in [-0.4, -0.2) is 9.13 Å². The van der Waals surface area contributed by atoms with E-state index >= 15 is 0 Å². The van der Waals surface area contributed by atoms with Crippen molar-refractivity contribution < 1.29 is 0 Å². The fourth-order valence-electron chi connectivity index (χ4n) is 11.6. The first-order valence-electron chi connectivity index (χ1n) is 22.3. The minimum absolute atomic E-state index is 1.20. The Kier molecular flexibility index (Phi) is 6.71. The Bertz CT molecular complexity index is 4240. The Morgan fingerprint density at radius 2 is 0.453 bits per heavy atom. The van der Waals surface area contributed by atoms with Crippen molar-refractivity contribution in [3.8, 4) is 11.4 Å². The lowest BCUT2D eigenvalue weighted by molar-refractivity contribution is 1.20. The Balaban J connectivity index is 1.09. The molecule has 0 atom stereocenters. The molecule has 13 aromatic carbocycles. The molecule has 0 saturated heterocycles. The number of aromatic nitrogens is 2. The molecule has 0 unspecified atom stereocenters. The molecule has 0 aliphatic rings. The van der Waals surface area contributed by atoms with Crippen molar-refractivity contribution in [2.24, 2.45) is 0 Å². The lowest BCUT2D eigenvalue weighted by Crippen LogP contribution is -1.95. The van der Waals surface area contributed by atoms with Crippen LogP contribution in [0.2, 0.25) is 0 Å². The predicted molar refractivity (Wildman–Crippen MR) is 275 cm³/mol. The zero-order valence-electron chi connectivity index (χ0n) is 34.7. The van der Waals surface area contributed by atoms with Gasteiger partial charge >= 0.3 is 0 Å². The standard InChI is InChI=1S/C62H36N2/c1-3-19-39-37(15-1)17-13-29-57(39)63-59-27-11-9-25-45(59)55-33-51-49-31-48-42-22-6-8-24-44(42)54-36-62-56(34-52(54)50(48)32-47(49)41-21-5-7-23-43(41)53(51)35-61(55)63)46-26-10-12-28-60(46)64(62)58-30-14-18-38-16-2-4-20-40(38)58/h1-36H. The third-order valence-electron chi connectivity index (χ3n) is 14.4. The number of rotatable bonds is 2. The molecule has 2 heterocycles. The number of hydrogen-bond donors (Lipinski definition) is 0. The molecule has 2 aromatic heterocycles. The van der Waals surface area contributed by atoms with E-state index in [-0.39, 0.29) is 0 Å². The van der Waals surface area contributed by atoms with Crippen molar-refractivity contribution in [3.05, 3.63) is 218 Å². The van der Waals surface area contributed by atoms with E-state index in [2.05, 4.69) is 228 Å². The normalized spacial score (nSPS) is 12.4. The first-order chi connectivity index (χ1) is 31.8. The summed E-state index contributed by atoms with van der Waals surface area (Å²) in [6.45, 7) is 0. The summed E-state index contributed by atoms with van der Waals surface area (Å²) < 4.78 is 4.98. The highest BCUT2D eigenvalue weighted by Crippen LogP contribution is 2.47. The smallest absolute Gasteiger partial charge is 0.0547 e. The molecular weight excluding hydrogens is 773 g/mol. The molecule has 0 radical (unpaired) electrons. The summed E-state index contributed by atoms with van der Waals surface area (Å²) in [6, 6.07) is 81.7. The van der Waals surface area contributed by atoms with E-state index in [0.29, 0.717) is 0 Å². The van der Waals surface area contributed by atoms with E-state index in [4.69, 9.17) is 0 Å². The molecular formula is C62H36N2. The third-order valence-corrected chi connectivity index (χ3v) is 14.4. The highest BCUT2D eigenvalue weighted by Gasteiger charge is 2.21.